The van der Waals surface area contributed by atoms with E-state index in [2.05, 4.69) is 25.6 Å². The zero-order valence-corrected chi connectivity index (χ0v) is 27.2. The minimum absolute atomic E-state index is 0.0894. The zero-order chi connectivity index (χ0) is 33.9. The molecule has 1 unspecified atom stereocenters. The van der Waals surface area contributed by atoms with Gasteiger partial charge in [0.25, 0.3) is 5.91 Å². The number of rotatable bonds is 20. The quantitative estimate of drug-likeness (QED) is 0.0688. The number of ether oxygens (including phenoxy) is 3. The second-order valence-corrected chi connectivity index (χ2v) is 12.0. The third-order valence-electron chi connectivity index (χ3n) is 8.43. The number of nitro groups is 1. The SMILES string of the molecule is CCC(C)(CCOCCOCCOCCNc1ccc([N+](=O)[O-])c2nonc12)NC(=O)c1ccc(C2CC2)c(Cc2ccc(F)cc2)n1. The van der Waals surface area contributed by atoms with Gasteiger partial charge in [-0.05, 0) is 84.2 Å². The van der Waals surface area contributed by atoms with Crippen molar-refractivity contribution < 1.29 is 32.9 Å². The first-order valence-electron chi connectivity index (χ1n) is 16.2. The van der Waals surface area contributed by atoms with Crippen molar-refractivity contribution in [3.05, 3.63) is 87.0 Å². The second kappa shape index (κ2) is 16.5. The Morgan fingerprint density at radius 2 is 1.67 bits per heavy atom. The highest BCUT2D eigenvalue weighted by Gasteiger charge is 2.29. The number of carbonyl (C=O) groups excluding carboxylic acids is 1. The average molecular weight is 665 g/mol. The largest absolute Gasteiger partial charge is 0.381 e. The minimum atomic E-state index is -0.532. The van der Waals surface area contributed by atoms with Crippen LogP contribution in [-0.4, -0.2) is 77.9 Å². The van der Waals surface area contributed by atoms with Crippen molar-refractivity contribution in [3.8, 4) is 0 Å². The Morgan fingerprint density at radius 3 is 2.35 bits per heavy atom. The third kappa shape index (κ3) is 9.52. The van der Waals surface area contributed by atoms with Crippen LogP contribution in [0.25, 0.3) is 11.0 Å². The summed E-state index contributed by atoms with van der Waals surface area (Å²) in [6.45, 7) is 6.94. The van der Waals surface area contributed by atoms with Crippen LogP contribution in [0.5, 0.6) is 0 Å². The van der Waals surface area contributed by atoms with Crippen molar-refractivity contribution in [1.29, 1.82) is 0 Å². The maximum Gasteiger partial charge on any atom is 0.300 e. The predicted octanol–water partition coefficient (Wildman–Crippen LogP) is 5.58. The lowest BCUT2D eigenvalue weighted by atomic mass is 9.94. The number of non-ortho nitro benzene ring substituents is 1. The number of halogens is 1. The van der Waals surface area contributed by atoms with Gasteiger partial charge in [-0.25, -0.2) is 14.0 Å². The summed E-state index contributed by atoms with van der Waals surface area (Å²) in [5.74, 6) is -0.0256. The van der Waals surface area contributed by atoms with E-state index in [1.165, 1.54) is 23.8 Å². The molecule has 0 saturated heterocycles. The van der Waals surface area contributed by atoms with Gasteiger partial charge in [-0.3, -0.25) is 14.9 Å². The number of amides is 1. The van der Waals surface area contributed by atoms with Crippen molar-refractivity contribution in [2.75, 3.05) is 51.5 Å². The maximum absolute atomic E-state index is 13.4. The monoisotopic (exact) mass is 664 g/mol. The van der Waals surface area contributed by atoms with E-state index >= 15 is 0 Å². The number of anilines is 1. The lowest BCUT2D eigenvalue weighted by Crippen LogP contribution is -2.46. The number of nitrogens with one attached hydrogen (secondary N) is 2. The Labute approximate surface area is 277 Å². The number of hydrogen-bond donors (Lipinski definition) is 2. The van der Waals surface area contributed by atoms with E-state index in [1.807, 2.05) is 19.9 Å². The molecule has 1 fully saturated rings. The number of pyridine rings is 1. The lowest BCUT2D eigenvalue weighted by Gasteiger charge is -2.29. The summed E-state index contributed by atoms with van der Waals surface area (Å²) in [5.41, 5.74) is 3.67. The summed E-state index contributed by atoms with van der Waals surface area (Å²) in [6.07, 6.45) is 4.13. The molecule has 48 heavy (non-hydrogen) atoms. The van der Waals surface area contributed by atoms with Crippen molar-refractivity contribution in [2.45, 2.75) is 57.4 Å². The average Bonchev–Trinajstić information content (AvgIpc) is 3.81. The molecule has 0 aliphatic heterocycles. The first-order chi connectivity index (χ1) is 23.3. The van der Waals surface area contributed by atoms with Crippen LogP contribution in [0.3, 0.4) is 0 Å². The van der Waals surface area contributed by atoms with Crippen LogP contribution in [0.4, 0.5) is 15.8 Å². The molecule has 2 aromatic carbocycles. The Kier molecular flexibility index (Phi) is 12.0. The molecule has 2 heterocycles. The van der Waals surface area contributed by atoms with E-state index < -0.39 is 10.5 Å². The molecule has 4 aromatic rings. The van der Waals surface area contributed by atoms with Crippen LogP contribution in [0.2, 0.25) is 0 Å². The lowest BCUT2D eigenvalue weighted by molar-refractivity contribution is -0.383. The molecule has 256 valence electrons. The van der Waals surface area contributed by atoms with Crippen LogP contribution in [0, 0.1) is 15.9 Å². The molecule has 13 nitrogen and oxygen atoms in total. The highest BCUT2D eigenvalue weighted by molar-refractivity contribution is 5.93. The van der Waals surface area contributed by atoms with Crippen molar-refractivity contribution in [2.24, 2.45) is 0 Å². The Bertz CT molecular complexity index is 1680. The van der Waals surface area contributed by atoms with Gasteiger partial charge >= 0.3 is 5.69 Å². The first kappa shape index (κ1) is 34.8. The van der Waals surface area contributed by atoms with E-state index in [1.54, 1.807) is 24.3 Å². The van der Waals surface area contributed by atoms with Crippen LogP contribution in [0.15, 0.2) is 53.2 Å². The van der Waals surface area contributed by atoms with Crippen LogP contribution in [-0.2, 0) is 20.6 Å². The van der Waals surface area contributed by atoms with E-state index in [0.29, 0.717) is 76.3 Å². The highest BCUT2D eigenvalue weighted by Crippen LogP contribution is 2.41. The molecule has 5 rings (SSSR count). The number of hydrogen-bond acceptors (Lipinski definition) is 11. The maximum atomic E-state index is 13.4. The predicted molar refractivity (Wildman–Crippen MR) is 176 cm³/mol. The van der Waals surface area contributed by atoms with Gasteiger partial charge in [0, 0.05) is 36.9 Å². The summed E-state index contributed by atoms with van der Waals surface area (Å²) >= 11 is 0. The summed E-state index contributed by atoms with van der Waals surface area (Å²) in [7, 11) is 0. The van der Waals surface area contributed by atoms with Crippen molar-refractivity contribution in [3.63, 3.8) is 0 Å². The van der Waals surface area contributed by atoms with Gasteiger partial charge in [0.15, 0.2) is 5.52 Å². The van der Waals surface area contributed by atoms with Gasteiger partial charge in [0.05, 0.1) is 43.6 Å². The molecule has 2 aromatic heterocycles. The fourth-order valence-electron chi connectivity index (χ4n) is 5.25. The van der Waals surface area contributed by atoms with E-state index in [4.69, 9.17) is 19.2 Å². The molecular weight excluding hydrogens is 623 g/mol. The number of nitrogens with zero attached hydrogens (tertiary/aromatic N) is 4. The topological polar surface area (TPSA) is 164 Å². The Balaban J connectivity index is 0.962. The highest BCUT2D eigenvalue weighted by atomic mass is 19.1. The van der Waals surface area contributed by atoms with Gasteiger partial charge in [-0.1, -0.05) is 25.1 Å². The summed E-state index contributed by atoms with van der Waals surface area (Å²) in [5, 5.41) is 24.7. The van der Waals surface area contributed by atoms with Gasteiger partial charge in [0.2, 0.25) is 5.52 Å². The van der Waals surface area contributed by atoms with Gasteiger partial charge < -0.3 is 24.8 Å². The fraction of sp³-hybridized carbons (Fsp3) is 0.471. The van der Waals surface area contributed by atoms with Crippen molar-refractivity contribution >= 4 is 28.3 Å². The normalized spacial score (nSPS) is 14.1. The molecule has 0 spiro atoms. The molecule has 1 aliphatic rings. The molecule has 1 amide bonds. The molecule has 2 N–H and O–H groups in total. The molecule has 0 bridgehead atoms. The first-order valence-corrected chi connectivity index (χ1v) is 16.2. The molecule has 14 heteroatoms. The molecule has 0 radical (unpaired) electrons. The number of aromatic nitrogens is 3. The molecule has 1 aliphatic carbocycles. The third-order valence-corrected chi connectivity index (χ3v) is 8.43. The van der Waals surface area contributed by atoms with Gasteiger partial charge in [0.1, 0.15) is 11.5 Å². The molecule has 1 atom stereocenters. The van der Waals surface area contributed by atoms with E-state index in [0.717, 1.165) is 30.5 Å². The Morgan fingerprint density at radius 1 is 0.979 bits per heavy atom. The van der Waals surface area contributed by atoms with Crippen LogP contribution >= 0.6 is 0 Å². The molecular formula is C34H41FN6O7. The van der Waals surface area contributed by atoms with E-state index in [-0.39, 0.29) is 28.4 Å². The fourth-order valence-corrected chi connectivity index (χ4v) is 5.25. The van der Waals surface area contributed by atoms with Crippen LogP contribution in [0.1, 0.15) is 72.8 Å². The van der Waals surface area contributed by atoms with Crippen molar-refractivity contribution in [1.82, 2.24) is 20.6 Å². The second-order valence-electron chi connectivity index (χ2n) is 12.0. The smallest absolute Gasteiger partial charge is 0.300 e. The molecule has 1 saturated carbocycles. The van der Waals surface area contributed by atoms with Gasteiger partial charge in [-0.2, -0.15) is 0 Å². The Hall–Kier alpha value is -4.53. The number of fused-ring (bicyclic) bond motifs is 1. The number of nitro benzene ring substituents is 1. The minimum Gasteiger partial charge on any atom is -0.381 e. The zero-order valence-electron chi connectivity index (χ0n) is 27.2. The summed E-state index contributed by atoms with van der Waals surface area (Å²) < 4.78 is 35.0. The standard InChI is InChI=1S/C34H41FN6O7/c1-3-34(2,38-33(42)28-11-10-26(24-6-7-24)29(37-28)22-23-4-8-25(35)9-5-23)14-16-45-18-20-47-21-19-46-17-15-36-27-12-13-30(41(43)44)32-31(27)39-48-40-32/h4-5,8-13,24,36H,3,6-7,14-22H2,1-2H3,(H,38,42). The number of carbonyl (C=O) groups is 1. The van der Waals surface area contributed by atoms with E-state index in [9.17, 15) is 19.3 Å². The van der Waals surface area contributed by atoms with Crippen LogP contribution < -0.4 is 10.6 Å². The number of benzene rings is 2. The summed E-state index contributed by atoms with van der Waals surface area (Å²) in [4.78, 5) is 28.6. The van der Waals surface area contributed by atoms with Gasteiger partial charge in [-0.15, -0.1) is 0 Å². The summed E-state index contributed by atoms with van der Waals surface area (Å²) in [6, 6.07) is 13.1.